The molecule has 0 rings (SSSR count). The summed E-state index contributed by atoms with van der Waals surface area (Å²) >= 11 is 0. The Labute approximate surface area is 222 Å². The van der Waals surface area contributed by atoms with Crippen molar-refractivity contribution in [2.75, 3.05) is 6.61 Å². The molecular formula is C14H6F25O4P. The van der Waals surface area contributed by atoms with Gasteiger partial charge in [-0.3, -0.25) is 4.52 Å². The number of hydrogen-bond acceptors (Lipinski definition) is 3. The zero-order chi connectivity index (χ0) is 36.6. The average molecular weight is 744 g/mol. The van der Waals surface area contributed by atoms with Crippen molar-refractivity contribution in [2.24, 2.45) is 0 Å². The topological polar surface area (TPSA) is 55.8 Å². The maximum atomic E-state index is 13.7. The van der Waals surface area contributed by atoms with Crippen LogP contribution >= 0.6 is 7.82 Å². The first-order valence-electron chi connectivity index (χ1n) is 9.42. The van der Waals surface area contributed by atoms with E-state index in [0.29, 0.717) is 6.92 Å². The van der Waals surface area contributed by atoms with Gasteiger partial charge in [-0.2, -0.15) is 110 Å². The Bertz CT molecular complexity index is 1090. The van der Waals surface area contributed by atoms with Gasteiger partial charge in [0.25, 0.3) is 0 Å². The van der Waals surface area contributed by atoms with Crippen LogP contribution in [-0.4, -0.2) is 83.0 Å². The molecular weight excluding hydrogens is 738 g/mol. The zero-order valence-corrected chi connectivity index (χ0v) is 20.2. The molecule has 0 spiro atoms. The van der Waals surface area contributed by atoms with Crippen LogP contribution in [-0.2, 0) is 13.6 Å². The molecule has 0 aliphatic rings. The van der Waals surface area contributed by atoms with Crippen molar-refractivity contribution < 1.29 is 128 Å². The third kappa shape index (κ3) is 5.42. The molecule has 266 valence electrons. The second kappa shape index (κ2) is 10.7. The molecule has 0 fully saturated rings. The molecule has 0 aliphatic carbocycles. The van der Waals surface area contributed by atoms with Gasteiger partial charge in [0.1, 0.15) is 0 Å². The summed E-state index contributed by atoms with van der Waals surface area (Å²) in [5.41, 5.74) is 0. The summed E-state index contributed by atoms with van der Waals surface area (Å²) < 4.78 is 348. The third-order valence-electron chi connectivity index (χ3n) is 4.79. The lowest BCUT2D eigenvalue weighted by Crippen LogP contribution is -2.78. The smallest absolute Gasteiger partial charge is 0.302 e. The van der Waals surface area contributed by atoms with E-state index in [1.165, 1.54) is 0 Å². The summed E-state index contributed by atoms with van der Waals surface area (Å²) in [7, 11) is -6.87. The molecule has 0 bridgehead atoms. The molecule has 1 N–H and O–H groups in total. The van der Waals surface area contributed by atoms with Crippen molar-refractivity contribution in [1.82, 2.24) is 0 Å². The molecule has 1 atom stereocenters. The lowest BCUT2D eigenvalue weighted by molar-refractivity contribution is -0.486. The summed E-state index contributed by atoms with van der Waals surface area (Å²) in [5, 5.41) is 0. The first-order chi connectivity index (χ1) is 18.5. The number of halogens is 25. The third-order valence-corrected chi connectivity index (χ3v) is 5.84. The van der Waals surface area contributed by atoms with Crippen molar-refractivity contribution in [3.8, 4) is 0 Å². The van der Waals surface area contributed by atoms with Gasteiger partial charge in [0.05, 0.1) is 6.61 Å². The average Bonchev–Trinajstić information content (AvgIpc) is 2.75. The Morgan fingerprint density at radius 1 is 0.432 bits per heavy atom. The highest BCUT2D eigenvalue weighted by atomic mass is 31.2. The molecule has 0 heterocycles. The van der Waals surface area contributed by atoms with Crippen LogP contribution in [0.15, 0.2) is 0 Å². The first-order valence-corrected chi connectivity index (χ1v) is 10.9. The SMILES string of the molecule is CCOP(=O)(O)OC(F)(F)C(F)(F)C(F)(F)C(F)(F)C(F)(F)C(F)(F)C(F)(F)C(F)(F)C(F)(F)C(F)(F)C(F)(F)C(F)(F)F. The Balaban J connectivity index is 7.32. The molecule has 0 aromatic heterocycles. The molecule has 0 aromatic rings. The molecule has 0 aliphatic heterocycles. The Morgan fingerprint density at radius 2 is 0.636 bits per heavy atom. The summed E-state index contributed by atoms with van der Waals surface area (Å²) in [6.45, 7) is -0.901. The zero-order valence-electron chi connectivity index (χ0n) is 19.3. The second-order valence-electron chi connectivity index (χ2n) is 7.74. The Morgan fingerprint density at radius 3 is 0.841 bits per heavy atom. The largest absolute Gasteiger partial charge is 0.477 e. The minimum Gasteiger partial charge on any atom is -0.302 e. The first kappa shape index (κ1) is 42.4. The highest BCUT2D eigenvalue weighted by Gasteiger charge is 2.99. The van der Waals surface area contributed by atoms with Gasteiger partial charge in [0.15, 0.2) is 0 Å². The van der Waals surface area contributed by atoms with Crippen molar-refractivity contribution in [3.63, 3.8) is 0 Å². The van der Waals surface area contributed by atoms with Gasteiger partial charge >= 0.3 is 79.3 Å². The Kier molecular flexibility index (Phi) is 10.3. The molecule has 4 nitrogen and oxygen atoms in total. The number of alkyl halides is 25. The lowest BCUT2D eigenvalue weighted by Gasteiger charge is -2.45. The van der Waals surface area contributed by atoms with Crippen LogP contribution < -0.4 is 0 Å². The maximum absolute atomic E-state index is 13.7. The van der Waals surface area contributed by atoms with Gasteiger partial charge in [-0.15, -0.1) is 0 Å². The summed E-state index contributed by atoms with van der Waals surface area (Å²) in [4.78, 5) is 8.58. The van der Waals surface area contributed by atoms with Crippen LogP contribution in [0.1, 0.15) is 6.92 Å². The standard InChI is InChI=1S/C14H6F25O4P/c1-2-42-44(40,41)43-14(38,39)12(33,34)10(29,30)8(25,26)6(21,22)4(17,18)3(15,16)5(19,20)7(23,24)9(27,28)11(31,32)13(35,36)37/h2H2,1H3,(H,40,41). The van der Waals surface area contributed by atoms with Gasteiger partial charge in [-0.05, 0) is 6.92 Å². The van der Waals surface area contributed by atoms with Crippen LogP contribution in [0.5, 0.6) is 0 Å². The van der Waals surface area contributed by atoms with Crippen LogP contribution in [0, 0.1) is 0 Å². The molecule has 0 saturated carbocycles. The van der Waals surface area contributed by atoms with Crippen molar-refractivity contribution in [1.29, 1.82) is 0 Å². The van der Waals surface area contributed by atoms with E-state index in [-0.39, 0.29) is 0 Å². The summed E-state index contributed by atoms with van der Waals surface area (Å²) in [5.74, 6) is -93.3. The molecule has 0 saturated heterocycles. The van der Waals surface area contributed by atoms with E-state index in [0.717, 1.165) is 0 Å². The highest BCUT2D eigenvalue weighted by Crippen LogP contribution is 2.68. The predicted molar refractivity (Wildman–Crippen MR) is 83.0 cm³/mol. The van der Waals surface area contributed by atoms with Gasteiger partial charge in [-0.1, -0.05) is 0 Å². The van der Waals surface area contributed by atoms with Crippen molar-refractivity contribution >= 4 is 7.82 Å². The minimum absolute atomic E-state index is 0.494. The highest BCUT2D eigenvalue weighted by molar-refractivity contribution is 7.47. The predicted octanol–water partition coefficient (Wildman–Crippen LogP) is 8.65. The molecule has 44 heavy (non-hydrogen) atoms. The summed E-state index contributed by atoms with van der Waals surface area (Å²) in [6.07, 6.45) is -16.1. The van der Waals surface area contributed by atoms with E-state index in [4.69, 9.17) is 4.89 Å². The van der Waals surface area contributed by atoms with Gasteiger partial charge in [0.2, 0.25) is 0 Å². The molecule has 0 aromatic carbocycles. The molecule has 0 amide bonds. The number of hydrogen-bond donors (Lipinski definition) is 1. The summed E-state index contributed by atoms with van der Waals surface area (Å²) in [6, 6.07) is 0. The monoisotopic (exact) mass is 744 g/mol. The van der Waals surface area contributed by atoms with Crippen LogP contribution in [0.25, 0.3) is 0 Å². The van der Waals surface area contributed by atoms with E-state index >= 15 is 0 Å². The number of phosphoric acid groups is 1. The molecule has 0 radical (unpaired) electrons. The van der Waals surface area contributed by atoms with Crippen molar-refractivity contribution in [3.05, 3.63) is 0 Å². The fourth-order valence-corrected chi connectivity index (χ4v) is 3.11. The van der Waals surface area contributed by atoms with E-state index in [2.05, 4.69) is 4.52 Å². The van der Waals surface area contributed by atoms with E-state index in [9.17, 15) is 114 Å². The normalized spacial score (nSPS) is 18.0. The quantitative estimate of drug-likeness (QED) is 0.143. The molecule has 30 heteroatoms. The van der Waals surface area contributed by atoms with Crippen LogP contribution in [0.2, 0.25) is 0 Å². The lowest BCUT2D eigenvalue weighted by atomic mass is 9.85. The second-order valence-corrected chi connectivity index (χ2v) is 9.11. The van der Waals surface area contributed by atoms with Gasteiger partial charge in [-0.25, -0.2) is 9.09 Å². The van der Waals surface area contributed by atoms with E-state index in [1.807, 2.05) is 4.52 Å². The number of phosphoric ester groups is 1. The number of rotatable bonds is 14. The van der Waals surface area contributed by atoms with Crippen molar-refractivity contribution in [2.45, 2.75) is 78.4 Å². The van der Waals surface area contributed by atoms with E-state index < -0.39 is 85.9 Å². The van der Waals surface area contributed by atoms with Crippen LogP contribution in [0.4, 0.5) is 110 Å². The van der Waals surface area contributed by atoms with Crippen LogP contribution in [0.3, 0.4) is 0 Å². The van der Waals surface area contributed by atoms with Gasteiger partial charge < -0.3 is 4.89 Å². The van der Waals surface area contributed by atoms with Gasteiger partial charge in [0, 0.05) is 0 Å². The maximum Gasteiger partial charge on any atom is 0.477 e. The fraction of sp³-hybridized carbons (Fsp3) is 1.00. The van der Waals surface area contributed by atoms with E-state index in [1.54, 1.807) is 0 Å². The fourth-order valence-electron chi connectivity index (χ4n) is 2.33. The Hall–Kier alpha value is -1.64. The minimum atomic E-state index is -9.72. The molecule has 1 unspecified atom stereocenters.